The molecule has 104 valence electrons. The highest BCUT2D eigenvalue weighted by atomic mass is 16.4. The number of hydrogen-bond acceptors (Lipinski definition) is 3. The van der Waals surface area contributed by atoms with E-state index in [1.54, 1.807) is 0 Å². The van der Waals surface area contributed by atoms with Gasteiger partial charge in [-0.3, -0.25) is 9.69 Å². The average molecular weight is 254 g/mol. The summed E-state index contributed by atoms with van der Waals surface area (Å²) in [6.07, 6.45) is 5.53. The van der Waals surface area contributed by atoms with E-state index in [2.05, 4.69) is 9.80 Å². The van der Waals surface area contributed by atoms with Crippen molar-refractivity contribution < 1.29 is 9.90 Å². The van der Waals surface area contributed by atoms with Crippen molar-refractivity contribution in [3.05, 3.63) is 0 Å². The number of carbonyl (C=O) groups is 1. The average Bonchev–Trinajstić information content (AvgIpc) is 2.86. The van der Waals surface area contributed by atoms with Gasteiger partial charge in [-0.15, -0.1) is 0 Å². The molecular weight excluding hydrogens is 228 g/mol. The first-order chi connectivity index (χ1) is 8.54. The monoisotopic (exact) mass is 254 g/mol. The van der Waals surface area contributed by atoms with E-state index in [1.807, 2.05) is 14.1 Å². The van der Waals surface area contributed by atoms with Crippen molar-refractivity contribution >= 4 is 5.97 Å². The van der Waals surface area contributed by atoms with Crippen LogP contribution in [0.5, 0.6) is 0 Å². The predicted octanol–water partition coefficient (Wildman–Crippen LogP) is 1.37. The smallest absolute Gasteiger partial charge is 0.317 e. The summed E-state index contributed by atoms with van der Waals surface area (Å²) in [4.78, 5) is 15.2. The van der Waals surface area contributed by atoms with E-state index in [9.17, 15) is 4.79 Å². The van der Waals surface area contributed by atoms with Gasteiger partial charge in [0.25, 0.3) is 0 Å². The number of carboxylic acids is 1. The molecule has 2 bridgehead atoms. The Kier molecular flexibility index (Phi) is 4.62. The molecule has 2 saturated carbocycles. The summed E-state index contributed by atoms with van der Waals surface area (Å²) >= 11 is 0. The lowest BCUT2D eigenvalue weighted by Gasteiger charge is -2.29. The Morgan fingerprint density at radius 1 is 1.22 bits per heavy atom. The number of hydrogen-bond donors (Lipinski definition) is 1. The van der Waals surface area contributed by atoms with Crippen molar-refractivity contribution in [3.63, 3.8) is 0 Å². The van der Waals surface area contributed by atoms with Crippen LogP contribution in [0.3, 0.4) is 0 Å². The minimum absolute atomic E-state index is 0.196. The standard InChI is InChI=1S/C14H26N2O2/c1-15(2)5-6-16(10-14(17)18)9-13-8-11-3-4-12(13)7-11/h11-13H,3-10H2,1-2H3,(H,17,18). The lowest BCUT2D eigenvalue weighted by molar-refractivity contribution is -0.138. The molecule has 4 nitrogen and oxygen atoms in total. The van der Waals surface area contributed by atoms with E-state index >= 15 is 0 Å². The van der Waals surface area contributed by atoms with Gasteiger partial charge in [0.2, 0.25) is 0 Å². The molecule has 0 heterocycles. The van der Waals surface area contributed by atoms with E-state index in [4.69, 9.17) is 5.11 Å². The van der Waals surface area contributed by atoms with Crippen LogP contribution < -0.4 is 0 Å². The molecule has 2 fully saturated rings. The summed E-state index contributed by atoms with van der Waals surface area (Å²) in [6, 6.07) is 0. The third kappa shape index (κ3) is 3.69. The number of rotatable bonds is 7. The maximum atomic E-state index is 10.9. The fourth-order valence-electron chi connectivity index (χ4n) is 3.70. The molecule has 1 N–H and O–H groups in total. The van der Waals surface area contributed by atoms with Gasteiger partial charge in [-0.1, -0.05) is 6.42 Å². The molecule has 0 amide bonds. The van der Waals surface area contributed by atoms with E-state index in [1.165, 1.54) is 25.7 Å². The predicted molar refractivity (Wildman–Crippen MR) is 71.6 cm³/mol. The highest BCUT2D eigenvalue weighted by Gasteiger charge is 2.39. The molecule has 3 unspecified atom stereocenters. The van der Waals surface area contributed by atoms with Crippen LogP contribution in [0, 0.1) is 17.8 Å². The van der Waals surface area contributed by atoms with Crippen molar-refractivity contribution in [1.82, 2.24) is 9.80 Å². The molecule has 0 aromatic rings. The maximum Gasteiger partial charge on any atom is 0.317 e. The SMILES string of the molecule is CN(C)CCN(CC(=O)O)CC1CC2CCC1C2. The van der Waals surface area contributed by atoms with E-state index in [0.29, 0.717) is 0 Å². The summed E-state index contributed by atoms with van der Waals surface area (Å²) in [5, 5.41) is 9.00. The molecule has 0 aliphatic heterocycles. The van der Waals surface area contributed by atoms with E-state index in [0.717, 1.165) is 37.4 Å². The first-order valence-corrected chi connectivity index (χ1v) is 7.13. The van der Waals surface area contributed by atoms with Crippen molar-refractivity contribution in [2.75, 3.05) is 40.3 Å². The maximum absolute atomic E-state index is 10.9. The van der Waals surface area contributed by atoms with Gasteiger partial charge in [-0.25, -0.2) is 0 Å². The summed E-state index contributed by atoms with van der Waals surface area (Å²) in [7, 11) is 4.08. The first kappa shape index (κ1) is 13.8. The van der Waals surface area contributed by atoms with Gasteiger partial charge >= 0.3 is 5.97 Å². The second kappa shape index (κ2) is 6.02. The zero-order valence-corrected chi connectivity index (χ0v) is 11.6. The van der Waals surface area contributed by atoms with Gasteiger partial charge in [-0.05, 0) is 51.1 Å². The third-order valence-corrected chi connectivity index (χ3v) is 4.60. The number of nitrogens with zero attached hydrogens (tertiary/aromatic N) is 2. The van der Waals surface area contributed by atoms with Crippen LogP contribution in [0.25, 0.3) is 0 Å². The minimum Gasteiger partial charge on any atom is -0.480 e. The fraction of sp³-hybridized carbons (Fsp3) is 0.929. The molecule has 2 aliphatic carbocycles. The first-order valence-electron chi connectivity index (χ1n) is 7.13. The number of fused-ring (bicyclic) bond motifs is 2. The van der Waals surface area contributed by atoms with Gasteiger partial charge in [-0.2, -0.15) is 0 Å². The lowest BCUT2D eigenvalue weighted by atomic mass is 9.88. The van der Waals surface area contributed by atoms with Gasteiger partial charge in [0.1, 0.15) is 0 Å². The molecule has 4 heteroatoms. The Morgan fingerprint density at radius 3 is 2.50 bits per heavy atom. The lowest BCUT2D eigenvalue weighted by Crippen LogP contribution is -2.39. The molecule has 0 saturated heterocycles. The number of carboxylic acid groups (broad SMARTS) is 1. The second-order valence-electron chi connectivity index (χ2n) is 6.37. The summed E-state index contributed by atoms with van der Waals surface area (Å²) in [5.41, 5.74) is 0. The third-order valence-electron chi connectivity index (χ3n) is 4.60. The Hall–Kier alpha value is -0.610. The van der Waals surface area contributed by atoms with Crippen LogP contribution in [0.15, 0.2) is 0 Å². The molecule has 2 rings (SSSR count). The van der Waals surface area contributed by atoms with Gasteiger partial charge in [0.15, 0.2) is 0 Å². The van der Waals surface area contributed by atoms with Gasteiger partial charge in [0.05, 0.1) is 6.54 Å². The highest BCUT2D eigenvalue weighted by molar-refractivity contribution is 5.69. The van der Waals surface area contributed by atoms with Crippen LogP contribution in [0.4, 0.5) is 0 Å². The normalized spacial score (nSPS) is 30.6. The number of likely N-dealkylation sites (N-methyl/N-ethyl adjacent to an activating group) is 1. The minimum atomic E-state index is -0.697. The van der Waals surface area contributed by atoms with Crippen molar-refractivity contribution in [2.45, 2.75) is 25.7 Å². The van der Waals surface area contributed by atoms with Crippen molar-refractivity contribution in [1.29, 1.82) is 0 Å². The Bertz CT molecular complexity index is 294. The second-order valence-corrected chi connectivity index (χ2v) is 6.37. The van der Waals surface area contributed by atoms with Crippen LogP contribution in [0.1, 0.15) is 25.7 Å². The van der Waals surface area contributed by atoms with Crippen molar-refractivity contribution in [3.8, 4) is 0 Å². The zero-order chi connectivity index (χ0) is 13.1. The van der Waals surface area contributed by atoms with E-state index in [-0.39, 0.29) is 6.54 Å². The quantitative estimate of drug-likeness (QED) is 0.745. The highest BCUT2D eigenvalue weighted by Crippen LogP contribution is 2.48. The largest absolute Gasteiger partial charge is 0.480 e. The number of aliphatic carboxylic acids is 1. The van der Waals surface area contributed by atoms with Crippen LogP contribution in [0.2, 0.25) is 0 Å². The molecule has 3 atom stereocenters. The molecule has 0 aromatic carbocycles. The summed E-state index contributed by atoms with van der Waals surface area (Å²) in [5.74, 6) is 1.88. The molecule has 0 spiro atoms. The van der Waals surface area contributed by atoms with Crippen LogP contribution in [-0.4, -0.2) is 61.2 Å². The molecular formula is C14H26N2O2. The Morgan fingerprint density at radius 2 is 2.00 bits per heavy atom. The van der Waals surface area contributed by atoms with Crippen LogP contribution in [-0.2, 0) is 4.79 Å². The topological polar surface area (TPSA) is 43.8 Å². The fourth-order valence-corrected chi connectivity index (χ4v) is 3.70. The van der Waals surface area contributed by atoms with Crippen molar-refractivity contribution in [2.24, 2.45) is 17.8 Å². The van der Waals surface area contributed by atoms with E-state index < -0.39 is 5.97 Å². The van der Waals surface area contributed by atoms with Gasteiger partial charge < -0.3 is 10.0 Å². The molecule has 0 radical (unpaired) electrons. The Labute approximate surface area is 110 Å². The Balaban J connectivity index is 1.82. The summed E-state index contributed by atoms with van der Waals surface area (Å²) in [6.45, 7) is 2.99. The zero-order valence-electron chi connectivity index (χ0n) is 11.6. The molecule has 0 aromatic heterocycles. The van der Waals surface area contributed by atoms with Gasteiger partial charge in [0, 0.05) is 19.6 Å². The van der Waals surface area contributed by atoms with Crippen LogP contribution >= 0.6 is 0 Å². The molecule has 18 heavy (non-hydrogen) atoms. The summed E-state index contributed by atoms with van der Waals surface area (Å²) < 4.78 is 0. The molecule has 2 aliphatic rings.